The highest BCUT2D eigenvalue weighted by Crippen LogP contribution is 1.97. The highest BCUT2D eigenvalue weighted by atomic mass is 79.9. The van der Waals surface area contributed by atoms with Crippen molar-refractivity contribution in [3.8, 4) is 0 Å². The SMILES string of the molecule is O=C(Cn1cncc(Br)c1=O)NCCO. The normalized spacial score (nSPS) is 10.0. The van der Waals surface area contributed by atoms with Gasteiger partial charge in [0.25, 0.3) is 5.56 Å². The summed E-state index contributed by atoms with van der Waals surface area (Å²) in [5.74, 6) is -0.342. The Balaban J connectivity index is 2.69. The predicted octanol–water partition coefficient (Wildman–Crippen LogP) is -0.886. The van der Waals surface area contributed by atoms with Crippen molar-refractivity contribution in [2.75, 3.05) is 13.2 Å². The summed E-state index contributed by atoms with van der Waals surface area (Å²) < 4.78 is 1.48. The van der Waals surface area contributed by atoms with Crippen LogP contribution < -0.4 is 10.9 Å². The summed E-state index contributed by atoms with van der Waals surface area (Å²) in [5.41, 5.74) is -0.316. The van der Waals surface area contributed by atoms with Gasteiger partial charge < -0.3 is 10.4 Å². The van der Waals surface area contributed by atoms with Crippen molar-refractivity contribution in [1.29, 1.82) is 0 Å². The van der Waals surface area contributed by atoms with E-state index in [1.807, 2.05) is 0 Å². The van der Waals surface area contributed by atoms with Gasteiger partial charge in [-0.3, -0.25) is 14.2 Å². The van der Waals surface area contributed by atoms with Crippen LogP contribution >= 0.6 is 15.9 Å². The first-order chi connectivity index (χ1) is 7.15. The number of aliphatic hydroxyl groups excluding tert-OH is 1. The standard InChI is InChI=1S/C8H10BrN3O3/c9-6-3-10-5-12(8(6)15)4-7(14)11-1-2-13/h3,5,13H,1-2,4H2,(H,11,14). The molecule has 0 unspecified atom stereocenters. The lowest BCUT2D eigenvalue weighted by molar-refractivity contribution is -0.121. The van der Waals surface area contributed by atoms with Gasteiger partial charge in [0.2, 0.25) is 5.91 Å². The lowest BCUT2D eigenvalue weighted by atomic mass is 10.5. The molecule has 0 aliphatic heterocycles. The fraction of sp³-hybridized carbons (Fsp3) is 0.375. The van der Waals surface area contributed by atoms with E-state index in [-0.39, 0.29) is 31.2 Å². The van der Waals surface area contributed by atoms with Gasteiger partial charge in [0.05, 0.1) is 12.9 Å². The van der Waals surface area contributed by atoms with E-state index in [1.54, 1.807) is 0 Å². The number of carbonyl (C=O) groups is 1. The molecule has 1 amide bonds. The predicted molar refractivity (Wildman–Crippen MR) is 56.3 cm³/mol. The first-order valence-electron chi connectivity index (χ1n) is 4.22. The van der Waals surface area contributed by atoms with Crippen molar-refractivity contribution in [2.24, 2.45) is 0 Å². The summed E-state index contributed by atoms with van der Waals surface area (Å²) >= 11 is 3.02. The van der Waals surface area contributed by atoms with Crippen LogP contribution in [0.2, 0.25) is 0 Å². The topological polar surface area (TPSA) is 84.2 Å². The Morgan fingerprint density at radius 1 is 1.67 bits per heavy atom. The third-order valence-electron chi connectivity index (χ3n) is 1.61. The molecule has 82 valence electrons. The van der Waals surface area contributed by atoms with E-state index in [4.69, 9.17) is 5.11 Å². The fourth-order valence-electron chi connectivity index (χ4n) is 0.943. The number of hydrogen-bond acceptors (Lipinski definition) is 4. The Morgan fingerprint density at radius 3 is 3.07 bits per heavy atom. The van der Waals surface area contributed by atoms with E-state index in [9.17, 15) is 9.59 Å². The minimum absolute atomic E-state index is 0.106. The minimum Gasteiger partial charge on any atom is -0.395 e. The maximum absolute atomic E-state index is 11.4. The van der Waals surface area contributed by atoms with Gasteiger partial charge in [0, 0.05) is 12.7 Å². The number of aromatic nitrogens is 2. The molecule has 0 saturated carbocycles. The van der Waals surface area contributed by atoms with Crippen molar-refractivity contribution in [1.82, 2.24) is 14.9 Å². The van der Waals surface area contributed by atoms with Crippen molar-refractivity contribution >= 4 is 21.8 Å². The minimum atomic E-state index is -0.342. The number of amides is 1. The van der Waals surface area contributed by atoms with Crippen LogP contribution in [0, 0.1) is 0 Å². The van der Waals surface area contributed by atoms with Crippen LogP contribution in [0.4, 0.5) is 0 Å². The number of halogens is 1. The first-order valence-corrected chi connectivity index (χ1v) is 5.02. The molecule has 1 aromatic rings. The molecule has 6 nitrogen and oxygen atoms in total. The highest BCUT2D eigenvalue weighted by molar-refractivity contribution is 9.10. The van der Waals surface area contributed by atoms with Crippen LogP contribution in [0.3, 0.4) is 0 Å². The molecule has 7 heteroatoms. The molecule has 0 radical (unpaired) electrons. The van der Waals surface area contributed by atoms with Crippen molar-refractivity contribution < 1.29 is 9.90 Å². The Labute approximate surface area is 94.1 Å². The summed E-state index contributed by atoms with van der Waals surface area (Å²) in [6.07, 6.45) is 2.65. The fourth-order valence-corrected chi connectivity index (χ4v) is 1.29. The van der Waals surface area contributed by atoms with Gasteiger partial charge in [-0.1, -0.05) is 0 Å². The molecule has 1 rings (SSSR count). The van der Waals surface area contributed by atoms with Crippen molar-refractivity contribution in [3.63, 3.8) is 0 Å². The number of nitrogens with zero attached hydrogens (tertiary/aromatic N) is 2. The molecular weight excluding hydrogens is 266 g/mol. The summed E-state index contributed by atoms with van der Waals surface area (Å²) in [5, 5.41) is 10.9. The molecule has 0 fully saturated rings. The molecule has 1 aromatic heterocycles. The van der Waals surface area contributed by atoms with Crippen LogP contribution in [-0.2, 0) is 11.3 Å². The molecule has 2 N–H and O–H groups in total. The van der Waals surface area contributed by atoms with Crippen molar-refractivity contribution in [3.05, 3.63) is 27.4 Å². The van der Waals surface area contributed by atoms with E-state index in [1.165, 1.54) is 17.1 Å². The maximum Gasteiger partial charge on any atom is 0.268 e. The third-order valence-corrected chi connectivity index (χ3v) is 2.15. The average Bonchev–Trinajstić information content (AvgIpc) is 2.22. The van der Waals surface area contributed by atoms with Gasteiger partial charge in [-0.05, 0) is 15.9 Å². The van der Waals surface area contributed by atoms with Crippen LogP contribution in [0.25, 0.3) is 0 Å². The van der Waals surface area contributed by atoms with Crippen LogP contribution in [0.15, 0.2) is 21.8 Å². The average molecular weight is 276 g/mol. The van der Waals surface area contributed by atoms with E-state index in [0.29, 0.717) is 4.47 Å². The summed E-state index contributed by atoms with van der Waals surface area (Å²) in [7, 11) is 0. The van der Waals surface area contributed by atoms with Gasteiger partial charge in [0.15, 0.2) is 0 Å². The highest BCUT2D eigenvalue weighted by Gasteiger charge is 2.05. The van der Waals surface area contributed by atoms with Gasteiger partial charge in [-0.15, -0.1) is 0 Å². The monoisotopic (exact) mass is 275 g/mol. The quantitative estimate of drug-likeness (QED) is 0.747. The zero-order chi connectivity index (χ0) is 11.3. The van der Waals surface area contributed by atoms with E-state index in [2.05, 4.69) is 26.2 Å². The lowest BCUT2D eigenvalue weighted by Crippen LogP contribution is -2.33. The first kappa shape index (κ1) is 11.9. The molecule has 0 aliphatic carbocycles. The summed E-state index contributed by atoms with van der Waals surface area (Å²) in [4.78, 5) is 26.4. The molecule has 0 bridgehead atoms. The van der Waals surface area contributed by atoms with Crippen LogP contribution in [0.1, 0.15) is 0 Å². The molecule has 0 aliphatic rings. The molecule has 0 aromatic carbocycles. The Hall–Kier alpha value is -1.21. The number of nitrogens with one attached hydrogen (secondary N) is 1. The molecule has 1 heterocycles. The lowest BCUT2D eigenvalue weighted by Gasteiger charge is -2.05. The molecule has 0 spiro atoms. The van der Waals surface area contributed by atoms with E-state index in [0.717, 1.165) is 0 Å². The summed E-state index contributed by atoms with van der Waals surface area (Å²) in [6, 6.07) is 0. The Kier molecular flexibility index (Phi) is 4.44. The Bertz CT molecular complexity index is 404. The zero-order valence-corrected chi connectivity index (χ0v) is 9.40. The second-order valence-corrected chi connectivity index (χ2v) is 3.60. The molecule has 15 heavy (non-hydrogen) atoms. The van der Waals surface area contributed by atoms with Gasteiger partial charge in [0.1, 0.15) is 11.0 Å². The van der Waals surface area contributed by atoms with Gasteiger partial charge in [-0.25, -0.2) is 4.98 Å². The number of aliphatic hydroxyl groups is 1. The van der Waals surface area contributed by atoms with Gasteiger partial charge >= 0.3 is 0 Å². The second kappa shape index (κ2) is 5.62. The Morgan fingerprint density at radius 2 is 2.40 bits per heavy atom. The molecule has 0 saturated heterocycles. The number of hydrogen-bond donors (Lipinski definition) is 2. The molecule has 0 atom stereocenters. The van der Waals surface area contributed by atoms with E-state index >= 15 is 0 Å². The van der Waals surface area contributed by atoms with E-state index < -0.39 is 0 Å². The third kappa shape index (κ3) is 3.45. The zero-order valence-electron chi connectivity index (χ0n) is 7.81. The maximum atomic E-state index is 11.4. The second-order valence-electron chi connectivity index (χ2n) is 2.75. The number of rotatable bonds is 4. The smallest absolute Gasteiger partial charge is 0.268 e. The molecular formula is C8H10BrN3O3. The van der Waals surface area contributed by atoms with Crippen molar-refractivity contribution in [2.45, 2.75) is 6.54 Å². The van der Waals surface area contributed by atoms with Crippen LogP contribution in [-0.4, -0.2) is 33.7 Å². The number of carbonyl (C=O) groups excluding carboxylic acids is 1. The van der Waals surface area contributed by atoms with Crippen LogP contribution in [0.5, 0.6) is 0 Å². The largest absolute Gasteiger partial charge is 0.395 e. The summed E-state index contributed by atoms with van der Waals surface area (Å²) in [6.45, 7) is -0.0579. The van der Waals surface area contributed by atoms with Gasteiger partial charge in [-0.2, -0.15) is 0 Å².